The molecule has 84 valence electrons. The van der Waals surface area contributed by atoms with Crippen molar-refractivity contribution in [1.82, 2.24) is 10.2 Å². The van der Waals surface area contributed by atoms with Crippen molar-refractivity contribution in [2.75, 3.05) is 26.2 Å². The Kier molecular flexibility index (Phi) is 6.20. The van der Waals surface area contributed by atoms with E-state index in [0.29, 0.717) is 6.04 Å². The zero-order valence-corrected chi connectivity index (χ0v) is 9.89. The molecular weight excluding hydrogens is 172 g/mol. The molecule has 0 aromatic carbocycles. The zero-order valence-electron chi connectivity index (χ0n) is 9.89. The maximum absolute atomic E-state index is 3.56. The fourth-order valence-corrected chi connectivity index (χ4v) is 2.16. The smallest absolute Gasteiger partial charge is 0.0166 e. The Balaban J connectivity index is 2.13. The highest BCUT2D eigenvalue weighted by Gasteiger charge is 2.11. The number of nitrogens with zero attached hydrogens (tertiary/aromatic N) is 1. The molecule has 0 spiro atoms. The molecule has 2 heteroatoms. The first-order valence-electron chi connectivity index (χ1n) is 6.28. The lowest BCUT2D eigenvalue weighted by molar-refractivity contribution is 0.256. The Hall–Kier alpha value is -0.0800. The Morgan fingerprint density at radius 1 is 1.14 bits per heavy atom. The second kappa shape index (κ2) is 7.24. The molecule has 1 aliphatic rings. The van der Waals surface area contributed by atoms with Crippen LogP contribution in [0.15, 0.2) is 0 Å². The van der Waals surface area contributed by atoms with E-state index >= 15 is 0 Å². The Bertz CT molecular complexity index is 128. The van der Waals surface area contributed by atoms with Gasteiger partial charge in [0.05, 0.1) is 0 Å². The summed E-state index contributed by atoms with van der Waals surface area (Å²) in [4.78, 5) is 2.63. The van der Waals surface area contributed by atoms with Gasteiger partial charge < -0.3 is 10.2 Å². The van der Waals surface area contributed by atoms with Gasteiger partial charge >= 0.3 is 0 Å². The average Bonchev–Trinajstić information content (AvgIpc) is 2.43. The molecule has 1 atom stereocenters. The minimum absolute atomic E-state index is 0.660. The predicted molar refractivity (Wildman–Crippen MR) is 62.7 cm³/mol. The molecule has 1 N–H and O–H groups in total. The van der Waals surface area contributed by atoms with Crippen molar-refractivity contribution in [1.29, 1.82) is 0 Å². The monoisotopic (exact) mass is 198 g/mol. The minimum atomic E-state index is 0.660. The summed E-state index contributed by atoms with van der Waals surface area (Å²) in [7, 11) is 0. The van der Waals surface area contributed by atoms with Crippen LogP contribution in [0.25, 0.3) is 0 Å². The first-order chi connectivity index (χ1) is 6.83. The fraction of sp³-hybridized carbons (Fsp3) is 1.00. The Morgan fingerprint density at radius 3 is 2.36 bits per heavy atom. The van der Waals surface area contributed by atoms with Gasteiger partial charge in [-0.25, -0.2) is 0 Å². The lowest BCUT2D eigenvalue weighted by atomic mass is 10.2. The van der Waals surface area contributed by atoms with Crippen molar-refractivity contribution in [3.63, 3.8) is 0 Å². The Labute approximate surface area is 89.1 Å². The summed E-state index contributed by atoms with van der Waals surface area (Å²) < 4.78 is 0. The van der Waals surface area contributed by atoms with Crippen LogP contribution < -0.4 is 5.32 Å². The van der Waals surface area contributed by atoms with Crippen LogP contribution >= 0.6 is 0 Å². The van der Waals surface area contributed by atoms with Crippen LogP contribution in [-0.2, 0) is 0 Å². The SMILES string of the molecule is CCCNC(C)CN1CCCCCC1. The molecular formula is C12H26N2. The van der Waals surface area contributed by atoms with Gasteiger partial charge in [-0.15, -0.1) is 0 Å². The predicted octanol–water partition coefficient (Wildman–Crippen LogP) is 2.25. The average molecular weight is 198 g/mol. The van der Waals surface area contributed by atoms with Crippen LogP contribution in [-0.4, -0.2) is 37.1 Å². The summed E-state index contributed by atoms with van der Waals surface area (Å²) >= 11 is 0. The van der Waals surface area contributed by atoms with Crippen LogP contribution in [0, 0.1) is 0 Å². The van der Waals surface area contributed by atoms with E-state index in [1.54, 1.807) is 0 Å². The molecule has 0 aromatic heterocycles. The van der Waals surface area contributed by atoms with Crippen LogP contribution in [0.3, 0.4) is 0 Å². The normalized spacial score (nSPS) is 21.9. The molecule has 0 aliphatic carbocycles. The Morgan fingerprint density at radius 2 is 1.79 bits per heavy atom. The van der Waals surface area contributed by atoms with E-state index in [0.717, 1.165) is 6.54 Å². The molecule has 1 heterocycles. The highest BCUT2D eigenvalue weighted by molar-refractivity contribution is 4.69. The van der Waals surface area contributed by atoms with E-state index in [4.69, 9.17) is 0 Å². The number of nitrogens with one attached hydrogen (secondary N) is 1. The maximum atomic E-state index is 3.56. The van der Waals surface area contributed by atoms with Gasteiger partial charge in [-0.2, -0.15) is 0 Å². The largest absolute Gasteiger partial charge is 0.313 e. The summed E-state index contributed by atoms with van der Waals surface area (Å²) in [5, 5.41) is 3.56. The lowest BCUT2D eigenvalue weighted by Crippen LogP contribution is -2.39. The topological polar surface area (TPSA) is 15.3 Å². The summed E-state index contributed by atoms with van der Waals surface area (Å²) in [5.41, 5.74) is 0. The molecule has 1 rings (SSSR count). The van der Waals surface area contributed by atoms with E-state index < -0.39 is 0 Å². The summed E-state index contributed by atoms with van der Waals surface area (Å²) in [6, 6.07) is 0.660. The van der Waals surface area contributed by atoms with Crippen molar-refractivity contribution in [3.8, 4) is 0 Å². The lowest BCUT2D eigenvalue weighted by Gasteiger charge is -2.24. The van der Waals surface area contributed by atoms with Crippen molar-refractivity contribution in [2.45, 2.75) is 52.0 Å². The van der Waals surface area contributed by atoms with Crippen LogP contribution in [0.1, 0.15) is 46.0 Å². The number of hydrogen-bond donors (Lipinski definition) is 1. The highest BCUT2D eigenvalue weighted by atomic mass is 15.1. The third kappa shape index (κ3) is 4.97. The molecule has 0 aromatic rings. The van der Waals surface area contributed by atoms with Gasteiger partial charge in [0.1, 0.15) is 0 Å². The molecule has 1 fully saturated rings. The highest BCUT2D eigenvalue weighted by Crippen LogP contribution is 2.09. The summed E-state index contributed by atoms with van der Waals surface area (Å²) in [6.45, 7) is 9.57. The van der Waals surface area contributed by atoms with E-state index in [9.17, 15) is 0 Å². The van der Waals surface area contributed by atoms with Gasteiger partial charge in [0, 0.05) is 12.6 Å². The first-order valence-corrected chi connectivity index (χ1v) is 6.28. The van der Waals surface area contributed by atoms with E-state index in [1.807, 2.05) is 0 Å². The zero-order chi connectivity index (χ0) is 10.2. The number of rotatable bonds is 5. The van der Waals surface area contributed by atoms with Gasteiger partial charge in [-0.3, -0.25) is 0 Å². The van der Waals surface area contributed by atoms with E-state index in [1.165, 1.54) is 51.7 Å². The van der Waals surface area contributed by atoms with Crippen molar-refractivity contribution >= 4 is 0 Å². The van der Waals surface area contributed by atoms with Gasteiger partial charge in [-0.05, 0) is 45.8 Å². The molecule has 0 saturated carbocycles. The molecule has 1 aliphatic heterocycles. The quantitative estimate of drug-likeness (QED) is 0.729. The molecule has 1 unspecified atom stereocenters. The standard InChI is InChI=1S/C12H26N2/c1-3-8-13-12(2)11-14-9-6-4-5-7-10-14/h12-13H,3-11H2,1-2H3. The molecule has 0 bridgehead atoms. The van der Waals surface area contributed by atoms with E-state index in [-0.39, 0.29) is 0 Å². The summed E-state index contributed by atoms with van der Waals surface area (Å²) in [6.07, 6.45) is 6.92. The molecule has 1 saturated heterocycles. The second-order valence-corrected chi connectivity index (χ2v) is 4.57. The second-order valence-electron chi connectivity index (χ2n) is 4.57. The van der Waals surface area contributed by atoms with Crippen molar-refractivity contribution in [3.05, 3.63) is 0 Å². The fourth-order valence-electron chi connectivity index (χ4n) is 2.16. The van der Waals surface area contributed by atoms with Crippen LogP contribution in [0.2, 0.25) is 0 Å². The molecule has 2 nitrogen and oxygen atoms in total. The van der Waals surface area contributed by atoms with Gasteiger partial charge in [-0.1, -0.05) is 19.8 Å². The third-order valence-electron chi connectivity index (χ3n) is 2.97. The molecule has 14 heavy (non-hydrogen) atoms. The van der Waals surface area contributed by atoms with Crippen molar-refractivity contribution < 1.29 is 0 Å². The van der Waals surface area contributed by atoms with Gasteiger partial charge in [0.2, 0.25) is 0 Å². The van der Waals surface area contributed by atoms with Crippen molar-refractivity contribution in [2.24, 2.45) is 0 Å². The summed E-state index contributed by atoms with van der Waals surface area (Å²) in [5.74, 6) is 0. The number of hydrogen-bond acceptors (Lipinski definition) is 2. The van der Waals surface area contributed by atoms with Crippen LogP contribution in [0.5, 0.6) is 0 Å². The van der Waals surface area contributed by atoms with Gasteiger partial charge in [0.15, 0.2) is 0 Å². The van der Waals surface area contributed by atoms with E-state index in [2.05, 4.69) is 24.1 Å². The van der Waals surface area contributed by atoms with Gasteiger partial charge in [0.25, 0.3) is 0 Å². The number of likely N-dealkylation sites (tertiary alicyclic amines) is 1. The molecule has 0 radical (unpaired) electrons. The van der Waals surface area contributed by atoms with Crippen LogP contribution in [0.4, 0.5) is 0 Å². The third-order valence-corrected chi connectivity index (χ3v) is 2.97. The first kappa shape index (κ1) is 12.0. The minimum Gasteiger partial charge on any atom is -0.313 e. The maximum Gasteiger partial charge on any atom is 0.0166 e. The molecule has 0 amide bonds.